The number of nitrogens with zero attached hydrogens (tertiary/aromatic N) is 2. The minimum atomic E-state index is -3.76. The Morgan fingerprint density at radius 2 is 1.76 bits per heavy atom. The van der Waals surface area contributed by atoms with Crippen molar-refractivity contribution in [2.45, 2.75) is 45.8 Å². The van der Waals surface area contributed by atoms with Crippen molar-refractivity contribution in [3.63, 3.8) is 0 Å². The lowest BCUT2D eigenvalue weighted by Gasteiger charge is -2.32. The van der Waals surface area contributed by atoms with E-state index in [1.54, 1.807) is 55.5 Å². The Morgan fingerprint density at radius 1 is 1.12 bits per heavy atom. The molecular weight excluding hydrogens is 530 g/mol. The maximum Gasteiger partial charge on any atom is 0.244 e. The van der Waals surface area contributed by atoms with Gasteiger partial charge in [0.2, 0.25) is 21.8 Å². The van der Waals surface area contributed by atoms with Gasteiger partial charge in [-0.1, -0.05) is 52.7 Å². The Hall–Kier alpha value is -2.10. The van der Waals surface area contributed by atoms with Gasteiger partial charge in [-0.25, -0.2) is 8.42 Å². The Morgan fingerprint density at radius 3 is 2.30 bits per heavy atom. The Labute approximate surface area is 209 Å². The van der Waals surface area contributed by atoms with Crippen molar-refractivity contribution < 1.29 is 18.0 Å². The number of hydrogen-bond acceptors (Lipinski definition) is 4. The van der Waals surface area contributed by atoms with Crippen LogP contribution in [0.15, 0.2) is 53.0 Å². The highest BCUT2D eigenvalue weighted by molar-refractivity contribution is 9.10. The van der Waals surface area contributed by atoms with Crippen molar-refractivity contribution in [2.24, 2.45) is 0 Å². The predicted molar refractivity (Wildman–Crippen MR) is 136 cm³/mol. The van der Waals surface area contributed by atoms with E-state index in [1.165, 1.54) is 4.90 Å². The smallest absolute Gasteiger partial charge is 0.244 e. The quantitative estimate of drug-likeness (QED) is 0.474. The van der Waals surface area contributed by atoms with Crippen LogP contribution in [0.2, 0.25) is 5.02 Å². The number of hydrogen-bond donors (Lipinski definition) is 1. The molecule has 2 aromatic carbocycles. The third kappa shape index (κ3) is 8.01. The first-order valence-electron chi connectivity index (χ1n) is 10.5. The van der Waals surface area contributed by atoms with E-state index in [-0.39, 0.29) is 18.5 Å². The molecule has 33 heavy (non-hydrogen) atoms. The van der Waals surface area contributed by atoms with E-state index in [4.69, 9.17) is 11.6 Å². The van der Waals surface area contributed by atoms with Gasteiger partial charge in [0, 0.05) is 22.1 Å². The van der Waals surface area contributed by atoms with Crippen LogP contribution < -0.4 is 9.62 Å². The predicted octanol–water partition coefficient (Wildman–Crippen LogP) is 4.20. The molecule has 0 bridgehead atoms. The lowest BCUT2D eigenvalue weighted by Crippen LogP contribution is -2.52. The molecule has 0 radical (unpaired) electrons. The number of halogens is 2. The summed E-state index contributed by atoms with van der Waals surface area (Å²) in [5, 5.41) is 3.44. The normalized spacial score (nSPS) is 13.2. The molecule has 0 fully saturated rings. The molecule has 7 nitrogen and oxygen atoms in total. The van der Waals surface area contributed by atoms with Crippen molar-refractivity contribution in [2.75, 3.05) is 17.1 Å². The molecule has 2 atom stereocenters. The van der Waals surface area contributed by atoms with Gasteiger partial charge in [0.25, 0.3) is 0 Å². The van der Waals surface area contributed by atoms with Gasteiger partial charge in [0.1, 0.15) is 12.6 Å². The average Bonchev–Trinajstić information content (AvgIpc) is 2.75. The lowest BCUT2D eigenvalue weighted by molar-refractivity contribution is -0.139. The second-order valence-electron chi connectivity index (χ2n) is 7.89. The first-order chi connectivity index (χ1) is 15.4. The molecule has 1 N–H and O–H groups in total. The standard InChI is InChI=1S/C23H29BrClN3O4S/c1-5-16(2)26-23(30)17(3)27(14-18-9-11-20(25)12-10-18)22(29)15-28(33(4,31)32)21-8-6-7-19(24)13-21/h6-13,16-17H,5,14-15H2,1-4H3,(H,26,30)/t16-,17+/m0/s1. The van der Waals surface area contributed by atoms with Gasteiger partial charge in [-0.05, 0) is 56.2 Å². The third-order valence-electron chi connectivity index (χ3n) is 5.21. The van der Waals surface area contributed by atoms with Crippen LogP contribution in [0.1, 0.15) is 32.8 Å². The summed E-state index contributed by atoms with van der Waals surface area (Å²) < 4.78 is 26.8. The second kappa shape index (κ2) is 11.9. The molecule has 2 aromatic rings. The van der Waals surface area contributed by atoms with E-state index >= 15 is 0 Å². The molecule has 0 aliphatic carbocycles. The Balaban J connectivity index is 2.37. The number of benzene rings is 2. The van der Waals surface area contributed by atoms with Crippen molar-refractivity contribution in [1.29, 1.82) is 0 Å². The fourth-order valence-electron chi connectivity index (χ4n) is 3.08. The Bertz CT molecular complexity index is 1080. The maximum absolute atomic E-state index is 13.4. The van der Waals surface area contributed by atoms with Crippen molar-refractivity contribution in [3.8, 4) is 0 Å². The van der Waals surface area contributed by atoms with E-state index in [1.807, 2.05) is 13.8 Å². The van der Waals surface area contributed by atoms with E-state index in [9.17, 15) is 18.0 Å². The minimum absolute atomic E-state index is 0.0541. The van der Waals surface area contributed by atoms with Gasteiger partial charge >= 0.3 is 0 Å². The van der Waals surface area contributed by atoms with Gasteiger partial charge in [0.05, 0.1) is 11.9 Å². The molecule has 0 saturated carbocycles. The molecule has 0 spiro atoms. The summed E-state index contributed by atoms with van der Waals surface area (Å²) in [6.07, 6.45) is 1.79. The first kappa shape index (κ1) is 27.1. The number of amides is 2. The van der Waals surface area contributed by atoms with Crippen molar-refractivity contribution in [3.05, 3.63) is 63.6 Å². The number of carbonyl (C=O) groups excluding carboxylic acids is 2. The summed E-state index contributed by atoms with van der Waals surface area (Å²) in [6.45, 7) is 5.16. The maximum atomic E-state index is 13.4. The summed E-state index contributed by atoms with van der Waals surface area (Å²) in [5.41, 5.74) is 1.12. The molecule has 0 aromatic heterocycles. The van der Waals surface area contributed by atoms with Crippen LogP contribution in [-0.4, -0.2) is 50.0 Å². The summed E-state index contributed by atoms with van der Waals surface area (Å²) in [5.74, 6) is -0.804. The minimum Gasteiger partial charge on any atom is -0.352 e. The van der Waals surface area contributed by atoms with Gasteiger partial charge in [0.15, 0.2) is 0 Å². The first-order valence-corrected chi connectivity index (χ1v) is 13.5. The topological polar surface area (TPSA) is 86.8 Å². The number of sulfonamides is 1. The molecule has 0 aliphatic rings. The SMILES string of the molecule is CC[C@H](C)NC(=O)[C@@H](C)N(Cc1ccc(Cl)cc1)C(=O)CN(c1cccc(Br)c1)S(C)(=O)=O. The third-order valence-corrected chi connectivity index (χ3v) is 7.10. The summed E-state index contributed by atoms with van der Waals surface area (Å²) in [7, 11) is -3.76. The fourth-order valence-corrected chi connectivity index (χ4v) is 4.43. The largest absolute Gasteiger partial charge is 0.352 e. The van der Waals surface area contributed by atoms with Gasteiger partial charge in [-0.2, -0.15) is 0 Å². The van der Waals surface area contributed by atoms with Crippen LogP contribution in [0.5, 0.6) is 0 Å². The molecule has 0 unspecified atom stereocenters. The molecule has 2 amide bonds. The summed E-state index contributed by atoms with van der Waals surface area (Å²) in [4.78, 5) is 27.7. The highest BCUT2D eigenvalue weighted by atomic mass is 79.9. The van der Waals surface area contributed by atoms with Crippen molar-refractivity contribution in [1.82, 2.24) is 10.2 Å². The molecule has 2 rings (SSSR count). The zero-order valence-corrected chi connectivity index (χ0v) is 22.2. The number of nitrogens with one attached hydrogen (secondary N) is 1. The monoisotopic (exact) mass is 557 g/mol. The molecule has 0 aliphatic heterocycles. The number of carbonyl (C=O) groups is 2. The van der Waals surface area contributed by atoms with Gasteiger partial charge in [-0.3, -0.25) is 13.9 Å². The number of rotatable bonds is 10. The van der Waals surface area contributed by atoms with Crippen LogP contribution >= 0.6 is 27.5 Å². The van der Waals surface area contributed by atoms with Crippen LogP contribution in [-0.2, 0) is 26.2 Å². The summed E-state index contributed by atoms with van der Waals surface area (Å²) >= 11 is 9.31. The van der Waals surface area contributed by atoms with E-state index in [2.05, 4.69) is 21.2 Å². The van der Waals surface area contributed by atoms with E-state index < -0.39 is 28.5 Å². The van der Waals surface area contributed by atoms with Gasteiger partial charge in [-0.15, -0.1) is 0 Å². The van der Waals surface area contributed by atoms with Gasteiger partial charge < -0.3 is 10.2 Å². The summed E-state index contributed by atoms with van der Waals surface area (Å²) in [6, 6.07) is 12.8. The number of anilines is 1. The zero-order chi connectivity index (χ0) is 24.8. The van der Waals surface area contributed by atoms with Crippen LogP contribution in [0.3, 0.4) is 0 Å². The van der Waals surface area contributed by atoms with E-state index in [0.717, 1.165) is 22.5 Å². The molecular formula is C23H29BrClN3O4S. The molecule has 10 heteroatoms. The zero-order valence-electron chi connectivity index (χ0n) is 19.1. The van der Waals surface area contributed by atoms with Crippen LogP contribution in [0, 0.1) is 0 Å². The second-order valence-corrected chi connectivity index (χ2v) is 11.2. The highest BCUT2D eigenvalue weighted by Crippen LogP contribution is 2.23. The Kier molecular flexibility index (Phi) is 9.75. The van der Waals surface area contributed by atoms with Crippen LogP contribution in [0.25, 0.3) is 0 Å². The van der Waals surface area contributed by atoms with E-state index in [0.29, 0.717) is 15.2 Å². The van der Waals surface area contributed by atoms with Crippen molar-refractivity contribution >= 4 is 55.1 Å². The van der Waals surface area contributed by atoms with Crippen LogP contribution in [0.4, 0.5) is 5.69 Å². The molecule has 0 saturated heterocycles. The fraction of sp³-hybridized carbons (Fsp3) is 0.391. The molecule has 0 heterocycles. The average molecular weight is 559 g/mol. The highest BCUT2D eigenvalue weighted by Gasteiger charge is 2.30. The lowest BCUT2D eigenvalue weighted by atomic mass is 10.1. The molecule has 180 valence electrons.